The monoisotopic (exact) mass is 588 g/mol. The van der Waals surface area contributed by atoms with Gasteiger partial charge >= 0.3 is 0 Å². The molecule has 1 aliphatic heterocycles. The Hall–Kier alpha value is -4.75. The number of hydrogen-bond donors (Lipinski definition) is 2. The quantitative estimate of drug-likeness (QED) is 0.153. The van der Waals surface area contributed by atoms with E-state index in [-0.39, 0.29) is 24.5 Å². The zero-order valence-corrected chi connectivity index (χ0v) is 25.2. The van der Waals surface area contributed by atoms with Crippen LogP contribution in [0, 0.1) is 5.92 Å². The molecule has 2 N–H and O–H groups in total. The van der Waals surface area contributed by atoms with E-state index in [1.54, 1.807) is 18.3 Å². The summed E-state index contributed by atoms with van der Waals surface area (Å²) in [4.78, 5) is 27.4. The first-order chi connectivity index (χ1) is 21.5. The van der Waals surface area contributed by atoms with Crippen LogP contribution in [-0.2, 0) is 17.8 Å². The highest BCUT2D eigenvalue weighted by molar-refractivity contribution is 5.94. The summed E-state index contributed by atoms with van der Waals surface area (Å²) in [6.07, 6.45) is 5.17. The average molecular weight is 589 g/mol. The number of hydrogen-bond acceptors (Lipinski definition) is 5. The Kier molecular flexibility index (Phi) is 10.9. The first-order valence-electron chi connectivity index (χ1n) is 15.3. The van der Waals surface area contributed by atoms with Crippen molar-refractivity contribution in [3.05, 3.63) is 137 Å². The lowest BCUT2D eigenvalue weighted by Gasteiger charge is -2.32. The highest BCUT2D eigenvalue weighted by Gasteiger charge is 2.19. The molecule has 1 aliphatic rings. The van der Waals surface area contributed by atoms with Crippen molar-refractivity contribution >= 4 is 18.0 Å². The molecule has 0 spiro atoms. The first-order valence-corrected chi connectivity index (χ1v) is 15.3. The van der Waals surface area contributed by atoms with Crippen LogP contribution in [0.1, 0.15) is 58.4 Å². The third kappa shape index (κ3) is 9.38. The van der Waals surface area contributed by atoms with Crippen LogP contribution in [0.5, 0.6) is 5.75 Å². The molecule has 7 heteroatoms. The molecule has 4 aromatic rings. The Balaban J connectivity index is 1.00. The summed E-state index contributed by atoms with van der Waals surface area (Å²) < 4.78 is 5.61. The number of piperidine rings is 1. The zero-order valence-electron chi connectivity index (χ0n) is 25.2. The van der Waals surface area contributed by atoms with Crippen LogP contribution in [0.25, 0.3) is 0 Å². The second-order valence-electron chi connectivity index (χ2n) is 11.4. The summed E-state index contributed by atoms with van der Waals surface area (Å²) in [5.41, 5.74) is 7.63. The van der Waals surface area contributed by atoms with Gasteiger partial charge in [0.15, 0.2) is 6.61 Å². The molecule has 0 saturated carbocycles. The standard InChI is InChI=1S/C37H40N4O3/c1-28(33-10-6-3-7-11-33)39-36(42)27-44-35-18-14-31(15-19-35)25-38-40-37(43)34-16-12-32(13-17-34)26-41-22-20-30(21-23-41)24-29-8-4-2-5-9-29/h2-19,25,28,30H,20-24,26-27H2,1H3,(H,39,42)(H,40,43)/b38-25-/t28-/m0/s1. The number of rotatable bonds is 12. The van der Waals surface area contributed by atoms with Gasteiger partial charge in [0.1, 0.15) is 5.75 Å². The molecule has 0 radical (unpaired) electrons. The first kappa shape index (κ1) is 30.7. The van der Waals surface area contributed by atoms with Gasteiger partial charge in [0, 0.05) is 12.1 Å². The van der Waals surface area contributed by atoms with E-state index in [0.29, 0.717) is 11.3 Å². The van der Waals surface area contributed by atoms with Crippen LogP contribution in [-0.4, -0.2) is 42.6 Å². The second-order valence-corrected chi connectivity index (χ2v) is 11.4. The fraction of sp³-hybridized carbons (Fsp3) is 0.270. The summed E-state index contributed by atoms with van der Waals surface area (Å²) in [6, 6.07) is 35.4. The summed E-state index contributed by atoms with van der Waals surface area (Å²) in [5, 5.41) is 7.03. The number of carbonyl (C=O) groups excluding carboxylic acids is 2. The highest BCUT2D eigenvalue weighted by atomic mass is 16.5. The number of hydrazone groups is 1. The number of amides is 2. The maximum Gasteiger partial charge on any atom is 0.271 e. The molecular formula is C37H40N4O3. The summed E-state index contributed by atoms with van der Waals surface area (Å²) >= 11 is 0. The van der Waals surface area contributed by atoms with E-state index in [2.05, 4.69) is 51.1 Å². The lowest BCUT2D eigenvalue weighted by Crippen LogP contribution is -2.33. The molecule has 0 unspecified atom stereocenters. The van der Waals surface area contributed by atoms with E-state index in [9.17, 15) is 9.59 Å². The molecular weight excluding hydrogens is 548 g/mol. The summed E-state index contributed by atoms with van der Waals surface area (Å²) in [6.45, 7) is 4.96. The number of nitrogens with zero attached hydrogens (tertiary/aromatic N) is 2. The van der Waals surface area contributed by atoms with Crippen LogP contribution in [0.2, 0.25) is 0 Å². The van der Waals surface area contributed by atoms with Crippen molar-refractivity contribution in [3.8, 4) is 5.75 Å². The van der Waals surface area contributed by atoms with Gasteiger partial charge in [0.25, 0.3) is 11.8 Å². The minimum Gasteiger partial charge on any atom is -0.484 e. The molecule has 2 amide bonds. The lowest BCUT2D eigenvalue weighted by molar-refractivity contribution is -0.123. The fourth-order valence-corrected chi connectivity index (χ4v) is 5.45. The smallest absolute Gasteiger partial charge is 0.271 e. The predicted molar refractivity (Wildman–Crippen MR) is 175 cm³/mol. The van der Waals surface area contributed by atoms with E-state index < -0.39 is 0 Å². The number of carbonyl (C=O) groups is 2. The third-order valence-corrected chi connectivity index (χ3v) is 8.00. The largest absolute Gasteiger partial charge is 0.484 e. The van der Waals surface area contributed by atoms with Crippen molar-refractivity contribution in [3.63, 3.8) is 0 Å². The third-order valence-electron chi connectivity index (χ3n) is 8.00. The zero-order chi connectivity index (χ0) is 30.6. The van der Waals surface area contributed by atoms with Crippen molar-refractivity contribution in [1.82, 2.24) is 15.6 Å². The van der Waals surface area contributed by atoms with Crippen LogP contribution >= 0.6 is 0 Å². The molecule has 1 heterocycles. The van der Waals surface area contributed by atoms with E-state index in [1.807, 2.05) is 73.7 Å². The molecule has 1 fully saturated rings. The molecule has 226 valence electrons. The van der Waals surface area contributed by atoms with Crippen molar-refractivity contribution in [1.29, 1.82) is 0 Å². The Labute approximate surface area is 260 Å². The van der Waals surface area contributed by atoms with Crippen LogP contribution in [0.15, 0.2) is 114 Å². The van der Waals surface area contributed by atoms with Crippen LogP contribution in [0.3, 0.4) is 0 Å². The van der Waals surface area contributed by atoms with E-state index >= 15 is 0 Å². The predicted octanol–water partition coefficient (Wildman–Crippen LogP) is 6.16. The summed E-state index contributed by atoms with van der Waals surface area (Å²) in [7, 11) is 0. The van der Waals surface area contributed by atoms with Gasteiger partial charge in [0.2, 0.25) is 0 Å². The molecule has 0 bridgehead atoms. The van der Waals surface area contributed by atoms with Gasteiger partial charge < -0.3 is 10.1 Å². The molecule has 1 saturated heterocycles. The molecule has 5 rings (SSSR count). The maximum atomic E-state index is 12.6. The maximum absolute atomic E-state index is 12.6. The second kappa shape index (κ2) is 15.6. The highest BCUT2D eigenvalue weighted by Crippen LogP contribution is 2.23. The van der Waals surface area contributed by atoms with E-state index in [1.165, 1.54) is 24.0 Å². The average Bonchev–Trinajstić information content (AvgIpc) is 3.06. The normalized spacial score (nSPS) is 14.7. The van der Waals surface area contributed by atoms with Gasteiger partial charge in [-0.2, -0.15) is 5.10 Å². The SMILES string of the molecule is C[C@H](NC(=O)COc1ccc(/C=N\NC(=O)c2ccc(CN3CCC(Cc4ccccc4)CC3)cc2)cc1)c1ccccc1. The lowest BCUT2D eigenvalue weighted by atomic mass is 9.90. The Morgan fingerprint density at radius 2 is 1.52 bits per heavy atom. The molecule has 1 atom stereocenters. The van der Waals surface area contributed by atoms with Gasteiger partial charge in [-0.25, -0.2) is 5.43 Å². The van der Waals surface area contributed by atoms with Crippen molar-refractivity contribution in [2.75, 3.05) is 19.7 Å². The number of nitrogens with one attached hydrogen (secondary N) is 2. The molecule has 0 aromatic heterocycles. The van der Waals surface area contributed by atoms with Gasteiger partial charge in [-0.3, -0.25) is 14.5 Å². The molecule has 4 aromatic carbocycles. The Morgan fingerprint density at radius 1 is 0.864 bits per heavy atom. The fourth-order valence-electron chi connectivity index (χ4n) is 5.45. The van der Waals surface area contributed by atoms with Gasteiger partial charge in [0.05, 0.1) is 12.3 Å². The molecule has 0 aliphatic carbocycles. The van der Waals surface area contributed by atoms with E-state index in [0.717, 1.165) is 43.1 Å². The minimum absolute atomic E-state index is 0.0767. The van der Waals surface area contributed by atoms with Gasteiger partial charge in [-0.15, -0.1) is 0 Å². The summed E-state index contributed by atoms with van der Waals surface area (Å²) in [5.74, 6) is 0.872. The molecule has 7 nitrogen and oxygen atoms in total. The number of ether oxygens (including phenoxy) is 1. The van der Waals surface area contributed by atoms with Gasteiger partial charge in [-0.1, -0.05) is 72.8 Å². The van der Waals surface area contributed by atoms with Crippen LogP contribution < -0.4 is 15.5 Å². The van der Waals surface area contributed by atoms with Crippen molar-refractivity contribution in [2.24, 2.45) is 11.0 Å². The van der Waals surface area contributed by atoms with Gasteiger partial charge in [-0.05, 0) is 104 Å². The van der Waals surface area contributed by atoms with Crippen molar-refractivity contribution in [2.45, 2.75) is 38.8 Å². The minimum atomic E-state index is -0.259. The number of benzene rings is 4. The van der Waals surface area contributed by atoms with E-state index in [4.69, 9.17) is 4.74 Å². The number of likely N-dealkylation sites (tertiary alicyclic amines) is 1. The Morgan fingerprint density at radius 3 is 2.20 bits per heavy atom. The van der Waals surface area contributed by atoms with Crippen LogP contribution in [0.4, 0.5) is 0 Å². The van der Waals surface area contributed by atoms with Crippen molar-refractivity contribution < 1.29 is 14.3 Å². The molecule has 44 heavy (non-hydrogen) atoms. The Bertz CT molecular complexity index is 1500. The topological polar surface area (TPSA) is 83.0 Å².